The van der Waals surface area contributed by atoms with Crippen molar-refractivity contribution < 1.29 is 19.5 Å². The predicted molar refractivity (Wildman–Crippen MR) is 112 cm³/mol. The zero-order chi connectivity index (χ0) is 22.1. The number of hydrogen-bond acceptors (Lipinski definition) is 5. The molecule has 0 bridgehead atoms. The fraction of sp³-hybridized carbons (Fsp3) is 0.571. The summed E-state index contributed by atoms with van der Waals surface area (Å²) < 4.78 is 0. The smallest absolute Gasteiger partial charge is 0.251 e. The lowest BCUT2D eigenvalue weighted by atomic mass is 9.99. The second-order valence-corrected chi connectivity index (χ2v) is 7.71. The summed E-state index contributed by atoms with van der Waals surface area (Å²) in [5.41, 5.74) is 6.46. The van der Waals surface area contributed by atoms with E-state index < -0.39 is 36.0 Å². The minimum absolute atomic E-state index is 0.264. The molecule has 0 heterocycles. The van der Waals surface area contributed by atoms with Crippen LogP contribution in [-0.2, 0) is 14.4 Å². The summed E-state index contributed by atoms with van der Waals surface area (Å²) in [6, 6.07) is 6.38. The van der Waals surface area contributed by atoms with Gasteiger partial charge in [0.25, 0.3) is 5.91 Å². The summed E-state index contributed by atoms with van der Waals surface area (Å²) in [4.78, 5) is 39.3. The molecule has 0 radical (unpaired) electrons. The molecule has 0 saturated heterocycles. The van der Waals surface area contributed by atoms with Crippen LogP contribution in [0.3, 0.4) is 0 Å². The van der Waals surface area contributed by atoms with Gasteiger partial charge in [-0.15, -0.1) is 0 Å². The highest BCUT2D eigenvalue weighted by molar-refractivity contribution is 5.93. The van der Waals surface area contributed by atoms with Crippen LogP contribution in [-0.4, -0.2) is 60.0 Å². The van der Waals surface area contributed by atoms with Gasteiger partial charge in [0.1, 0.15) is 18.2 Å². The summed E-state index contributed by atoms with van der Waals surface area (Å²) in [7, 11) is 3.22. The number of carbonyl (C=O) groups is 3. The molecule has 1 aromatic carbocycles. The van der Waals surface area contributed by atoms with Crippen molar-refractivity contribution in [3.63, 3.8) is 0 Å². The van der Waals surface area contributed by atoms with Gasteiger partial charge < -0.3 is 26.4 Å². The third kappa shape index (κ3) is 7.14. The molecule has 1 aromatic rings. The number of nitrogens with two attached hydrogens (primary N) is 1. The van der Waals surface area contributed by atoms with Crippen molar-refractivity contribution in [3.8, 4) is 0 Å². The number of rotatable bonds is 10. The molecule has 0 aromatic heterocycles. The standard InChI is InChI=1S/C21H34N4O4/c1-6-10-15(22)18(26)20(28)23-16(13(2)3)19(27)24-17(21(29)25(4)5)14-11-8-7-9-12-14/h7-9,11-13,15-18,26H,6,10,22H2,1-5H3,(H,23,28)(H,24,27)/t15-,16-,17-,18?/m0/s1. The van der Waals surface area contributed by atoms with Crippen LogP contribution in [0.25, 0.3) is 0 Å². The Labute approximate surface area is 172 Å². The highest BCUT2D eigenvalue weighted by Gasteiger charge is 2.32. The van der Waals surface area contributed by atoms with Crippen LogP contribution in [0.2, 0.25) is 0 Å². The molecule has 0 aliphatic rings. The van der Waals surface area contributed by atoms with Gasteiger partial charge in [0.15, 0.2) is 0 Å². The van der Waals surface area contributed by atoms with Crippen molar-refractivity contribution in [3.05, 3.63) is 35.9 Å². The van der Waals surface area contributed by atoms with Crippen LogP contribution in [0.1, 0.15) is 45.2 Å². The van der Waals surface area contributed by atoms with Crippen molar-refractivity contribution in [2.45, 2.75) is 57.8 Å². The number of aliphatic hydroxyl groups is 1. The van der Waals surface area contributed by atoms with Crippen LogP contribution < -0.4 is 16.4 Å². The van der Waals surface area contributed by atoms with Gasteiger partial charge in [-0.25, -0.2) is 0 Å². The van der Waals surface area contributed by atoms with Crippen molar-refractivity contribution in [1.29, 1.82) is 0 Å². The summed E-state index contributed by atoms with van der Waals surface area (Å²) in [5, 5.41) is 15.4. The largest absolute Gasteiger partial charge is 0.382 e. The lowest BCUT2D eigenvalue weighted by Crippen LogP contribution is -2.56. The van der Waals surface area contributed by atoms with Gasteiger partial charge in [-0.3, -0.25) is 14.4 Å². The molecule has 3 amide bonds. The van der Waals surface area contributed by atoms with Gasteiger partial charge in [0.05, 0.1) is 0 Å². The van der Waals surface area contributed by atoms with E-state index in [0.29, 0.717) is 12.0 Å². The van der Waals surface area contributed by atoms with Crippen molar-refractivity contribution in [2.24, 2.45) is 11.7 Å². The van der Waals surface area contributed by atoms with E-state index in [1.807, 2.05) is 13.0 Å². The first-order valence-electron chi connectivity index (χ1n) is 9.90. The Morgan fingerprint density at radius 3 is 2.14 bits per heavy atom. The molecular formula is C21H34N4O4. The molecule has 4 atom stereocenters. The molecule has 0 aliphatic heterocycles. The minimum atomic E-state index is -1.41. The Bertz CT molecular complexity index is 679. The van der Waals surface area contributed by atoms with E-state index >= 15 is 0 Å². The Morgan fingerprint density at radius 2 is 1.66 bits per heavy atom. The van der Waals surface area contributed by atoms with E-state index in [1.54, 1.807) is 52.2 Å². The number of amides is 3. The molecule has 0 spiro atoms. The molecule has 1 unspecified atom stereocenters. The zero-order valence-electron chi connectivity index (χ0n) is 17.9. The molecular weight excluding hydrogens is 372 g/mol. The van der Waals surface area contributed by atoms with Gasteiger partial charge in [-0.2, -0.15) is 0 Å². The highest BCUT2D eigenvalue weighted by atomic mass is 16.3. The van der Waals surface area contributed by atoms with E-state index in [-0.39, 0.29) is 11.8 Å². The quantitative estimate of drug-likeness (QED) is 0.452. The van der Waals surface area contributed by atoms with E-state index in [4.69, 9.17) is 5.73 Å². The van der Waals surface area contributed by atoms with Crippen LogP contribution >= 0.6 is 0 Å². The van der Waals surface area contributed by atoms with Crippen molar-refractivity contribution >= 4 is 17.7 Å². The molecule has 8 heteroatoms. The molecule has 8 nitrogen and oxygen atoms in total. The maximum absolute atomic E-state index is 12.9. The van der Waals surface area contributed by atoms with Gasteiger partial charge in [0.2, 0.25) is 11.8 Å². The summed E-state index contributed by atoms with van der Waals surface area (Å²) >= 11 is 0. The SMILES string of the molecule is CCC[C@H](N)C(O)C(=O)N[C@H](C(=O)N[C@H](C(=O)N(C)C)c1ccccc1)C(C)C. The first-order valence-corrected chi connectivity index (χ1v) is 9.90. The minimum Gasteiger partial charge on any atom is -0.382 e. The maximum Gasteiger partial charge on any atom is 0.251 e. The Balaban J connectivity index is 2.99. The molecule has 5 N–H and O–H groups in total. The fourth-order valence-electron chi connectivity index (χ4n) is 2.88. The molecule has 0 aliphatic carbocycles. The van der Waals surface area contributed by atoms with Crippen LogP contribution in [0.5, 0.6) is 0 Å². The number of benzene rings is 1. The van der Waals surface area contributed by atoms with Crippen molar-refractivity contribution in [2.75, 3.05) is 14.1 Å². The first kappa shape index (κ1) is 24.6. The topological polar surface area (TPSA) is 125 Å². The van der Waals surface area contributed by atoms with E-state index in [2.05, 4.69) is 10.6 Å². The third-order valence-corrected chi connectivity index (χ3v) is 4.65. The maximum atomic E-state index is 12.9. The average Bonchev–Trinajstić information content (AvgIpc) is 2.69. The van der Waals surface area contributed by atoms with Gasteiger partial charge in [-0.05, 0) is 17.9 Å². The van der Waals surface area contributed by atoms with E-state index in [9.17, 15) is 19.5 Å². The van der Waals surface area contributed by atoms with Crippen LogP contribution in [0.4, 0.5) is 0 Å². The first-order chi connectivity index (χ1) is 13.6. The van der Waals surface area contributed by atoms with E-state index in [0.717, 1.165) is 6.42 Å². The molecule has 162 valence electrons. The number of nitrogens with zero attached hydrogens (tertiary/aromatic N) is 1. The number of likely N-dealkylation sites (N-methyl/N-ethyl adjacent to an activating group) is 1. The summed E-state index contributed by atoms with van der Waals surface area (Å²) in [6.07, 6.45) is -0.191. The zero-order valence-corrected chi connectivity index (χ0v) is 17.9. The number of carbonyl (C=O) groups excluding carboxylic acids is 3. The fourth-order valence-corrected chi connectivity index (χ4v) is 2.88. The lowest BCUT2D eigenvalue weighted by molar-refractivity contribution is -0.138. The second-order valence-electron chi connectivity index (χ2n) is 7.71. The van der Waals surface area contributed by atoms with Crippen LogP contribution in [0.15, 0.2) is 30.3 Å². The summed E-state index contributed by atoms with van der Waals surface area (Å²) in [6.45, 7) is 5.45. The lowest BCUT2D eigenvalue weighted by Gasteiger charge is -2.28. The predicted octanol–water partition coefficient (Wildman–Crippen LogP) is 0.561. The Kier molecular flexibility index (Phi) is 9.77. The number of hydrogen-bond donors (Lipinski definition) is 4. The molecule has 0 fully saturated rings. The Morgan fingerprint density at radius 1 is 1.07 bits per heavy atom. The number of nitrogens with one attached hydrogen (secondary N) is 2. The molecule has 0 saturated carbocycles. The van der Waals surface area contributed by atoms with Gasteiger partial charge in [0, 0.05) is 20.1 Å². The average molecular weight is 407 g/mol. The molecule has 1 rings (SSSR count). The Hall–Kier alpha value is -2.45. The monoisotopic (exact) mass is 406 g/mol. The normalized spacial score (nSPS) is 15.2. The highest BCUT2D eigenvalue weighted by Crippen LogP contribution is 2.16. The van der Waals surface area contributed by atoms with Crippen LogP contribution in [0, 0.1) is 5.92 Å². The van der Waals surface area contributed by atoms with Gasteiger partial charge in [-0.1, -0.05) is 57.5 Å². The molecule has 29 heavy (non-hydrogen) atoms. The third-order valence-electron chi connectivity index (χ3n) is 4.65. The van der Waals surface area contributed by atoms with Gasteiger partial charge >= 0.3 is 0 Å². The van der Waals surface area contributed by atoms with Crippen molar-refractivity contribution in [1.82, 2.24) is 15.5 Å². The van der Waals surface area contributed by atoms with E-state index in [1.165, 1.54) is 4.90 Å². The summed E-state index contributed by atoms with van der Waals surface area (Å²) in [5.74, 6) is -1.76. The number of aliphatic hydroxyl groups excluding tert-OH is 1. The second kappa shape index (κ2) is 11.5.